The third-order valence-corrected chi connectivity index (χ3v) is 6.62. The van der Waals surface area contributed by atoms with Crippen molar-refractivity contribution >= 4 is 11.8 Å². The highest BCUT2D eigenvalue weighted by Gasteiger charge is 2.57. The Labute approximate surface area is 168 Å². The maximum atomic E-state index is 12.8. The quantitative estimate of drug-likeness (QED) is 0.830. The van der Waals surface area contributed by atoms with Crippen LogP contribution in [-0.4, -0.2) is 24.6 Å². The van der Waals surface area contributed by atoms with Gasteiger partial charge in [0.05, 0.1) is 25.5 Å². The average Bonchev–Trinajstić information content (AvgIpc) is 3.25. The first-order valence-electron chi connectivity index (χ1n) is 10.1. The molecule has 2 heterocycles. The maximum absolute atomic E-state index is 12.8. The number of benzene rings is 1. The summed E-state index contributed by atoms with van der Waals surface area (Å²) >= 11 is 0. The summed E-state index contributed by atoms with van der Waals surface area (Å²) in [6, 6.07) is 8.91. The van der Waals surface area contributed by atoms with Crippen LogP contribution < -0.4 is 20.1 Å². The molecule has 0 saturated heterocycles. The van der Waals surface area contributed by atoms with Gasteiger partial charge in [-0.25, -0.2) is 0 Å². The van der Waals surface area contributed by atoms with Crippen LogP contribution in [0.25, 0.3) is 0 Å². The Balaban J connectivity index is 1.33. The fourth-order valence-corrected chi connectivity index (χ4v) is 5.16. The summed E-state index contributed by atoms with van der Waals surface area (Å²) in [6.07, 6.45) is 4.85. The van der Waals surface area contributed by atoms with Crippen molar-refractivity contribution in [1.82, 2.24) is 10.6 Å². The molecule has 3 saturated carbocycles. The van der Waals surface area contributed by atoms with Gasteiger partial charge >= 0.3 is 0 Å². The molecule has 3 aliphatic carbocycles. The molecule has 29 heavy (non-hydrogen) atoms. The van der Waals surface area contributed by atoms with Gasteiger partial charge in [-0.1, -0.05) is 0 Å². The largest absolute Gasteiger partial charge is 0.497 e. The van der Waals surface area contributed by atoms with Gasteiger partial charge in [-0.3, -0.25) is 9.59 Å². The molecule has 7 nitrogen and oxygen atoms in total. The lowest BCUT2D eigenvalue weighted by Gasteiger charge is -2.55. The number of carbonyl (C=O) groups excluding carboxylic acids is 2. The normalized spacial score (nSPS) is 29.7. The molecule has 6 rings (SSSR count). The van der Waals surface area contributed by atoms with Crippen molar-refractivity contribution in [2.24, 2.45) is 17.8 Å². The molecule has 1 aromatic carbocycles. The Kier molecular flexibility index (Phi) is 4.26. The lowest BCUT2D eigenvalue weighted by atomic mass is 9.60. The first-order valence-corrected chi connectivity index (χ1v) is 10.1. The van der Waals surface area contributed by atoms with Crippen LogP contribution in [0.3, 0.4) is 0 Å². The van der Waals surface area contributed by atoms with Crippen molar-refractivity contribution in [3.63, 3.8) is 0 Å². The number of fused-ring (bicyclic) bond motifs is 3. The number of rotatable bonds is 4. The van der Waals surface area contributed by atoms with Gasteiger partial charge < -0.3 is 24.5 Å². The summed E-state index contributed by atoms with van der Waals surface area (Å²) in [5.41, 5.74) is -0.220. The molecule has 2 N–H and O–H groups in total. The minimum absolute atomic E-state index is 0.0511. The van der Waals surface area contributed by atoms with Gasteiger partial charge in [0.15, 0.2) is 5.72 Å². The van der Waals surface area contributed by atoms with E-state index in [1.165, 1.54) is 0 Å². The highest BCUT2D eigenvalue weighted by atomic mass is 16.5. The van der Waals surface area contributed by atoms with Crippen molar-refractivity contribution in [2.75, 3.05) is 7.11 Å². The summed E-state index contributed by atoms with van der Waals surface area (Å²) in [6.45, 7) is 0.394. The third kappa shape index (κ3) is 3.05. The zero-order chi connectivity index (χ0) is 20.0. The number of ether oxygens (including phenoxy) is 2. The van der Waals surface area contributed by atoms with E-state index in [1.54, 1.807) is 31.6 Å². The topological polar surface area (TPSA) is 89.8 Å². The second-order valence-corrected chi connectivity index (χ2v) is 8.19. The molecule has 3 fully saturated rings. The van der Waals surface area contributed by atoms with E-state index in [-0.39, 0.29) is 29.6 Å². The fourth-order valence-electron chi connectivity index (χ4n) is 5.16. The number of carbonyl (C=O) groups is 2. The van der Waals surface area contributed by atoms with Crippen LogP contribution in [0.1, 0.15) is 41.8 Å². The zero-order valence-electron chi connectivity index (χ0n) is 16.3. The molecule has 1 aliphatic heterocycles. The number of nitrogens with one attached hydrogen (secondary N) is 2. The van der Waals surface area contributed by atoms with Crippen LogP contribution in [-0.2, 0) is 11.3 Å². The summed E-state index contributed by atoms with van der Waals surface area (Å²) in [7, 11) is 1.59. The molecule has 4 atom stereocenters. The lowest BCUT2D eigenvalue weighted by Crippen LogP contribution is -2.66. The van der Waals surface area contributed by atoms with Crippen LogP contribution in [0.4, 0.5) is 0 Å². The third-order valence-electron chi connectivity index (χ3n) is 6.62. The molecule has 152 valence electrons. The SMILES string of the molecule is COc1ccc2c(c1)O[C@@]1(C[C@H]3CC[C@H]1C[C@@H]3C(=O)NCc1ccco1)NC2=O. The van der Waals surface area contributed by atoms with E-state index in [1.807, 2.05) is 12.1 Å². The van der Waals surface area contributed by atoms with Gasteiger partial charge in [-0.2, -0.15) is 0 Å². The van der Waals surface area contributed by atoms with Crippen molar-refractivity contribution in [2.45, 2.75) is 38.0 Å². The molecular formula is C22H24N2O5. The second kappa shape index (κ2) is 6.83. The first-order chi connectivity index (χ1) is 14.1. The Bertz CT molecular complexity index is 941. The molecule has 4 aliphatic rings. The minimum Gasteiger partial charge on any atom is -0.497 e. The molecule has 2 amide bonds. The van der Waals surface area contributed by atoms with Crippen LogP contribution in [0, 0.1) is 17.8 Å². The number of methoxy groups -OCH3 is 1. The Morgan fingerprint density at radius 2 is 2.24 bits per heavy atom. The molecule has 0 radical (unpaired) electrons. The Morgan fingerprint density at radius 3 is 2.97 bits per heavy atom. The van der Waals surface area contributed by atoms with Crippen molar-refractivity contribution < 1.29 is 23.5 Å². The predicted molar refractivity (Wildman–Crippen MR) is 103 cm³/mol. The predicted octanol–water partition coefficient (Wildman–Crippen LogP) is 2.86. The van der Waals surface area contributed by atoms with E-state index in [2.05, 4.69) is 10.6 Å². The minimum atomic E-state index is -0.739. The number of amides is 2. The van der Waals surface area contributed by atoms with Crippen LogP contribution in [0.5, 0.6) is 11.5 Å². The highest BCUT2D eigenvalue weighted by Crippen LogP contribution is 2.52. The van der Waals surface area contributed by atoms with Gasteiger partial charge in [0, 0.05) is 24.3 Å². The number of furan rings is 1. The number of hydrogen-bond acceptors (Lipinski definition) is 5. The highest BCUT2D eigenvalue weighted by molar-refractivity contribution is 5.98. The molecule has 7 heteroatoms. The average molecular weight is 396 g/mol. The van der Waals surface area contributed by atoms with Crippen LogP contribution in [0.15, 0.2) is 41.0 Å². The Hall–Kier alpha value is -2.96. The monoisotopic (exact) mass is 396 g/mol. The first kappa shape index (κ1) is 18.1. The molecule has 2 aromatic rings. The van der Waals surface area contributed by atoms with Gasteiger partial charge in [0.25, 0.3) is 5.91 Å². The van der Waals surface area contributed by atoms with Crippen molar-refractivity contribution in [1.29, 1.82) is 0 Å². The van der Waals surface area contributed by atoms with Gasteiger partial charge in [-0.05, 0) is 49.4 Å². The van der Waals surface area contributed by atoms with Crippen molar-refractivity contribution in [3.05, 3.63) is 47.9 Å². The molecule has 1 spiro atoms. The Morgan fingerprint density at radius 1 is 1.34 bits per heavy atom. The van der Waals surface area contributed by atoms with E-state index >= 15 is 0 Å². The number of hydrogen-bond donors (Lipinski definition) is 2. The molecule has 1 aromatic heterocycles. The van der Waals surface area contributed by atoms with Crippen LogP contribution >= 0.6 is 0 Å². The fraction of sp³-hybridized carbons (Fsp3) is 0.455. The molecule has 2 bridgehead atoms. The standard InChI is InChI=1S/C22H24N2O5/c1-27-15-6-7-17-19(10-15)29-22(24-21(17)26)11-13-4-5-14(22)9-18(13)20(25)23-12-16-3-2-8-28-16/h2-3,6-8,10,13-14,18H,4-5,9,11-12H2,1H3,(H,23,25)(H,24,26)/t13-,14+,18+,22-/m1/s1. The van der Waals surface area contributed by atoms with Crippen LogP contribution in [0.2, 0.25) is 0 Å². The van der Waals surface area contributed by atoms with Crippen molar-refractivity contribution in [3.8, 4) is 11.5 Å². The zero-order valence-corrected chi connectivity index (χ0v) is 16.3. The van der Waals surface area contributed by atoms with E-state index < -0.39 is 5.72 Å². The second-order valence-electron chi connectivity index (χ2n) is 8.19. The van der Waals surface area contributed by atoms with Gasteiger partial charge in [0.1, 0.15) is 17.3 Å². The smallest absolute Gasteiger partial charge is 0.258 e. The van der Waals surface area contributed by atoms with E-state index in [4.69, 9.17) is 13.9 Å². The van der Waals surface area contributed by atoms with E-state index in [0.29, 0.717) is 36.4 Å². The summed E-state index contributed by atoms with van der Waals surface area (Å²) in [4.78, 5) is 25.6. The van der Waals surface area contributed by atoms with Gasteiger partial charge in [-0.15, -0.1) is 0 Å². The maximum Gasteiger partial charge on any atom is 0.258 e. The summed E-state index contributed by atoms with van der Waals surface area (Å²) in [5.74, 6) is 2.07. The lowest BCUT2D eigenvalue weighted by molar-refractivity contribution is -0.146. The molecule has 0 unspecified atom stereocenters. The van der Waals surface area contributed by atoms with Gasteiger partial charge in [0.2, 0.25) is 5.91 Å². The van der Waals surface area contributed by atoms with E-state index in [9.17, 15) is 9.59 Å². The summed E-state index contributed by atoms with van der Waals surface area (Å²) < 4.78 is 17.0. The molecular weight excluding hydrogens is 372 g/mol. The van der Waals surface area contributed by atoms with E-state index in [0.717, 1.165) is 18.6 Å². The summed E-state index contributed by atoms with van der Waals surface area (Å²) in [5, 5.41) is 6.12.